The van der Waals surface area contributed by atoms with Crippen molar-refractivity contribution in [2.45, 2.75) is 32.4 Å². The predicted molar refractivity (Wildman–Crippen MR) is 58.2 cm³/mol. The first-order valence-electron chi connectivity index (χ1n) is 4.91. The summed E-state index contributed by atoms with van der Waals surface area (Å²) in [6.45, 7) is 4.81. The number of rotatable bonds is 4. The molecule has 1 atom stereocenters. The molecule has 7 nitrogen and oxygen atoms in total. The van der Waals surface area contributed by atoms with E-state index in [1.165, 1.54) is 6.08 Å². The highest BCUT2D eigenvalue weighted by Gasteiger charge is 2.24. The van der Waals surface area contributed by atoms with E-state index < -0.39 is 23.7 Å². The molecule has 7 heteroatoms. The average Bonchev–Trinajstić information content (AvgIpc) is 2.20. The topological polar surface area (TPSA) is 94.1 Å². The smallest absolute Gasteiger partial charge is 0.408 e. The maximum Gasteiger partial charge on any atom is 0.408 e. The van der Waals surface area contributed by atoms with Gasteiger partial charge in [0.25, 0.3) is 0 Å². The quantitative estimate of drug-likeness (QED) is 0.438. The molecule has 0 fully saturated rings. The van der Waals surface area contributed by atoms with Crippen molar-refractivity contribution in [1.29, 1.82) is 0 Å². The second kappa shape index (κ2) is 6.65. The number of aliphatic imine (C=N–C) groups is 1. The summed E-state index contributed by atoms with van der Waals surface area (Å²) >= 11 is 0. The molecule has 0 unspecified atom stereocenters. The molecule has 0 rings (SSSR count). The summed E-state index contributed by atoms with van der Waals surface area (Å²) in [5.74, 6) is -0.713. The Balaban J connectivity index is 4.47. The van der Waals surface area contributed by atoms with Gasteiger partial charge in [-0.2, -0.15) is 0 Å². The number of carbonyl (C=O) groups excluding carboxylic acids is 3. The molecule has 0 radical (unpaired) electrons. The maximum absolute atomic E-state index is 11.4. The van der Waals surface area contributed by atoms with Crippen molar-refractivity contribution < 1.29 is 23.9 Å². The van der Waals surface area contributed by atoms with Crippen molar-refractivity contribution in [3.63, 3.8) is 0 Å². The van der Waals surface area contributed by atoms with Gasteiger partial charge in [-0.1, -0.05) is 0 Å². The number of esters is 1. The van der Waals surface area contributed by atoms with Gasteiger partial charge in [0.15, 0.2) is 6.04 Å². The van der Waals surface area contributed by atoms with Crippen molar-refractivity contribution in [2.24, 2.45) is 4.99 Å². The second-order valence-corrected chi connectivity index (χ2v) is 4.15. The normalized spacial score (nSPS) is 12.0. The molecule has 0 aliphatic rings. The van der Waals surface area contributed by atoms with E-state index in [2.05, 4.69) is 15.0 Å². The Bertz CT molecular complexity index is 328. The van der Waals surface area contributed by atoms with Gasteiger partial charge in [-0.05, 0) is 20.8 Å². The van der Waals surface area contributed by atoms with Crippen LogP contribution >= 0.6 is 0 Å². The highest BCUT2D eigenvalue weighted by atomic mass is 16.6. The van der Waals surface area contributed by atoms with Crippen LogP contribution in [0.1, 0.15) is 20.8 Å². The Labute approximate surface area is 99.2 Å². The zero-order valence-corrected chi connectivity index (χ0v) is 10.3. The number of hydrogen-bond donors (Lipinski definition) is 1. The van der Waals surface area contributed by atoms with E-state index in [1.54, 1.807) is 20.8 Å². The Hall–Kier alpha value is -1.88. The lowest BCUT2D eigenvalue weighted by molar-refractivity contribution is -0.142. The van der Waals surface area contributed by atoms with E-state index in [0.717, 1.165) is 7.11 Å². The molecule has 17 heavy (non-hydrogen) atoms. The zero-order chi connectivity index (χ0) is 13.5. The fourth-order valence-electron chi connectivity index (χ4n) is 0.900. The summed E-state index contributed by atoms with van der Waals surface area (Å²) in [6, 6.07) is -1.06. The summed E-state index contributed by atoms with van der Waals surface area (Å²) in [5, 5.41) is 2.25. The minimum absolute atomic E-state index is 0.241. The van der Waals surface area contributed by atoms with E-state index in [1.807, 2.05) is 0 Å². The predicted octanol–water partition coefficient (Wildman–Crippen LogP) is 0.388. The molecule has 0 aromatic rings. The molecule has 1 N–H and O–H groups in total. The van der Waals surface area contributed by atoms with Gasteiger partial charge in [-0.25, -0.2) is 19.4 Å². The SMILES string of the molecule is COC(=O)[C@H](CN=C=O)NC(=O)OC(C)(C)C. The van der Waals surface area contributed by atoms with Gasteiger partial charge >= 0.3 is 12.1 Å². The molecule has 0 aromatic heterocycles. The Morgan fingerprint density at radius 2 is 2.00 bits per heavy atom. The van der Waals surface area contributed by atoms with Gasteiger partial charge in [-0.3, -0.25) is 0 Å². The van der Waals surface area contributed by atoms with Gasteiger partial charge in [0.1, 0.15) is 5.60 Å². The Morgan fingerprint density at radius 1 is 1.41 bits per heavy atom. The monoisotopic (exact) mass is 244 g/mol. The molecule has 0 heterocycles. The van der Waals surface area contributed by atoms with Crippen LogP contribution in [0.4, 0.5) is 4.79 Å². The van der Waals surface area contributed by atoms with Gasteiger partial charge in [-0.15, -0.1) is 0 Å². The highest BCUT2D eigenvalue weighted by molar-refractivity contribution is 5.81. The molecule has 96 valence electrons. The third-order valence-corrected chi connectivity index (χ3v) is 1.52. The van der Waals surface area contributed by atoms with Gasteiger partial charge in [0.05, 0.1) is 13.7 Å². The summed E-state index contributed by atoms with van der Waals surface area (Å²) in [4.78, 5) is 35.8. The number of ether oxygens (including phenoxy) is 2. The van der Waals surface area contributed by atoms with Crippen molar-refractivity contribution in [1.82, 2.24) is 5.32 Å². The fraction of sp³-hybridized carbons (Fsp3) is 0.700. The summed E-state index contributed by atoms with van der Waals surface area (Å²) in [6.07, 6.45) is 0.490. The second-order valence-electron chi connectivity index (χ2n) is 4.15. The number of isocyanates is 1. The maximum atomic E-state index is 11.4. The van der Waals surface area contributed by atoms with Crippen LogP contribution in [0.2, 0.25) is 0 Å². The molecule has 0 aliphatic carbocycles. The summed E-state index contributed by atoms with van der Waals surface area (Å²) in [7, 11) is 1.16. The lowest BCUT2D eigenvalue weighted by atomic mass is 10.2. The van der Waals surface area contributed by atoms with E-state index in [0.29, 0.717) is 0 Å². The lowest BCUT2D eigenvalue weighted by Crippen LogP contribution is -2.45. The van der Waals surface area contributed by atoms with Crippen LogP contribution in [0.25, 0.3) is 0 Å². The number of methoxy groups -OCH3 is 1. The summed E-state index contributed by atoms with van der Waals surface area (Å²) in [5.41, 5.74) is -0.682. The number of nitrogens with zero attached hydrogens (tertiary/aromatic N) is 1. The molecule has 0 spiro atoms. The average molecular weight is 244 g/mol. The lowest BCUT2D eigenvalue weighted by Gasteiger charge is -2.21. The Morgan fingerprint density at radius 3 is 2.41 bits per heavy atom. The van der Waals surface area contributed by atoms with Crippen molar-refractivity contribution >= 4 is 18.1 Å². The first kappa shape index (κ1) is 15.1. The molecule has 0 aromatic carbocycles. The van der Waals surface area contributed by atoms with Crippen LogP contribution in [-0.2, 0) is 19.1 Å². The molecule has 0 saturated carbocycles. The molecule has 0 bridgehead atoms. The van der Waals surface area contributed by atoms with E-state index in [9.17, 15) is 14.4 Å². The molecular weight excluding hydrogens is 228 g/mol. The molecule has 0 saturated heterocycles. The van der Waals surface area contributed by atoms with Crippen molar-refractivity contribution in [2.75, 3.05) is 13.7 Å². The van der Waals surface area contributed by atoms with Gasteiger partial charge in [0, 0.05) is 0 Å². The van der Waals surface area contributed by atoms with Gasteiger partial charge < -0.3 is 14.8 Å². The third kappa shape index (κ3) is 7.08. The zero-order valence-electron chi connectivity index (χ0n) is 10.3. The number of carbonyl (C=O) groups is 2. The van der Waals surface area contributed by atoms with Crippen molar-refractivity contribution in [3.05, 3.63) is 0 Å². The van der Waals surface area contributed by atoms with E-state index in [4.69, 9.17) is 4.74 Å². The van der Waals surface area contributed by atoms with E-state index >= 15 is 0 Å². The minimum atomic E-state index is -1.06. The summed E-state index contributed by atoms with van der Waals surface area (Å²) < 4.78 is 9.39. The number of amides is 1. The highest BCUT2D eigenvalue weighted by Crippen LogP contribution is 2.06. The number of alkyl carbamates (subject to hydrolysis) is 1. The molecule has 1 amide bonds. The standard InChI is InChI=1S/C10H16N2O5/c1-10(2,3)17-9(15)12-7(5-11-6-13)8(14)16-4/h7H,5H2,1-4H3,(H,12,15)/t7-/m0/s1. The van der Waals surface area contributed by atoms with Crippen LogP contribution in [0.5, 0.6) is 0 Å². The van der Waals surface area contributed by atoms with Crippen LogP contribution in [-0.4, -0.2) is 43.4 Å². The Kier molecular flexibility index (Phi) is 5.91. The molecule has 0 aliphatic heterocycles. The first-order valence-corrected chi connectivity index (χ1v) is 4.91. The minimum Gasteiger partial charge on any atom is -0.467 e. The first-order chi connectivity index (χ1) is 7.80. The molecular formula is C10H16N2O5. The van der Waals surface area contributed by atoms with Crippen LogP contribution in [0, 0.1) is 0 Å². The van der Waals surface area contributed by atoms with E-state index in [-0.39, 0.29) is 6.54 Å². The van der Waals surface area contributed by atoms with Crippen LogP contribution < -0.4 is 5.32 Å². The van der Waals surface area contributed by atoms with Crippen LogP contribution in [0.15, 0.2) is 4.99 Å². The van der Waals surface area contributed by atoms with Crippen molar-refractivity contribution in [3.8, 4) is 0 Å². The van der Waals surface area contributed by atoms with Crippen LogP contribution in [0.3, 0.4) is 0 Å². The fourth-order valence-corrected chi connectivity index (χ4v) is 0.900. The third-order valence-electron chi connectivity index (χ3n) is 1.52. The number of nitrogens with one attached hydrogen (secondary N) is 1. The van der Waals surface area contributed by atoms with Gasteiger partial charge in [0.2, 0.25) is 6.08 Å². The largest absolute Gasteiger partial charge is 0.467 e. The number of hydrogen-bond acceptors (Lipinski definition) is 6.